The third-order valence-corrected chi connectivity index (χ3v) is 7.18. The predicted octanol–water partition coefficient (Wildman–Crippen LogP) is 4.12. The highest BCUT2D eigenvalue weighted by atomic mass is 19.1. The van der Waals surface area contributed by atoms with Crippen LogP contribution >= 0.6 is 0 Å². The van der Waals surface area contributed by atoms with E-state index >= 15 is 0 Å². The minimum atomic E-state index is -1.66. The standard InChI is InChI=1S/C27H29F3N6O3/c1-26(2,37)27(3,38)23-11-20-21(13-31-23)33-24(16-12-32-36(14-16)15-28)25(34-20)35-8-6-18(7-9-35)39-22-5-4-17(29)10-19(22)30/h4-5,10-14,18,37-38H,6-9,15H2,1-3H3. The van der Waals surface area contributed by atoms with Crippen molar-refractivity contribution in [3.63, 3.8) is 0 Å². The summed E-state index contributed by atoms with van der Waals surface area (Å²) in [6.45, 7) is 4.66. The van der Waals surface area contributed by atoms with Crippen LogP contribution < -0.4 is 9.64 Å². The number of benzene rings is 1. The third kappa shape index (κ3) is 5.26. The predicted molar refractivity (Wildman–Crippen MR) is 138 cm³/mol. The van der Waals surface area contributed by atoms with Crippen LogP contribution in [0.5, 0.6) is 5.75 Å². The van der Waals surface area contributed by atoms with E-state index in [1.54, 1.807) is 6.07 Å². The number of hydrogen-bond donors (Lipinski definition) is 2. The zero-order chi connectivity index (χ0) is 27.9. The van der Waals surface area contributed by atoms with Crippen LogP contribution in [-0.4, -0.2) is 59.7 Å². The first-order valence-electron chi connectivity index (χ1n) is 12.5. The number of aliphatic hydroxyl groups is 2. The van der Waals surface area contributed by atoms with Crippen molar-refractivity contribution >= 4 is 16.9 Å². The Morgan fingerprint density at radius 1 is 1.03 bits per heavy atom. The summed E-state index contributed by atoms with van der Waals surface area (Å²) in [5.41, 5.74) is -0.957. The molecule has 4 aromatic rings. The van der Waals surface area contributed by atoms with Crippen molar-refractivity contribution in [2.75, 3.05) is 18.0 Å². The number of halogens is 3. The molecule has 1 saturated heterocycles. The van der Waals surface area contributed by atoms with Crippen molar-refractivity contribution in [3.8, 4) is 17.0 Å². The second-order valence-corrected chi connectivity index (χ2v) is 10.4. The summed E-state index contributed by atoms with van der Waals surface area (Å²) in [4.78, 5) is 15.9. The first-order chi connectivity index (χ1) is 18.5. The Bertz CT molecular complexity index is 1500. The molecule has 9 nitrogen and oxygen atoms in total. The zero-order valence-electron chi connectivity index (χ0n) is 21.8. The van der Waals surface area contributed by atoms with Gasteiger partial charge in [-0.2, -0.15) is 5.10 Å². The Kier molecular flexibility index (Phi) is 6.93. The molecule has 1 aromatic carbocycles. The molecule has 4 heterocycles. The number of hydrogen-bond acceptors (Lipinski definition) is 8. The van der Waals surface area contributed by atoms with Crippen LogP contribution in [0, 0.1) is 11.6 Å². The molecule has 1 aliphatic heterocycles. The van der Waals surface area contributed by atoms with E-state index in [-0.39, 0.29) is 17.5 Å². The molecule has 1 unspecified atom stereocenters. The van der Waals surface area contributed by atoms with Gasteiger partial charge in [0.25, 0.3) is 0 Å². The van der Waals surface area contributed by atoms with Crippen LogP contribution in [-0.2, 0) is 12.4 Å². The van der Waals surface area contributed by atoms with E-state index in [1.165, 1.54) is 45.4 Å². The molecule has 3 aromatic heterocycles. The van der Waals surface area contributed by atoms with Gasteiger partial charge in [-0.05, 0) is 39.0 Å². The topological polar surface area (TPSA) is 109 Å². The van der Waals surface area contributed by atoms with Crippen LogP contribution in [0.3, 0.4) is 0 Å². The fourth-order valence-corrected chi connectivity index (χ4v) is 4.43. The summed E-state index contributed by atoms with van der Waals surface area (Å²) < 4.78 is 47.5. The van der Waals surface area contributed by atoms with E-state index in [2.05, 4.69) is 10.1 Å². The van der Waals surface area contributed by atoms with Gasteiger partial charge in [0.1, 0.15) is 28.7 Å². The summed E-state index contributed by atoms with van der Waals surface area (Å²) in [5, 5.41) is 25.5. The summed E-state index contributed by atoms with van der Waals surface area (Å²) >= 11 is 0. The lowest BCUT2D eigenvalue weighted by Gasteiger charge is -2.35. The van der Waals surface area contributed by atoms with Crippen molar-refractivity contribution in [3.05, 3.63) is 60.2 Å². The number of fused-ring (bicyclic) bond motifs is 1. The molecule has 1 fully saturated rings. The van der Waals surface area contributed by atoms with Gasteiger partial charge in [-0.1, -0.05) is 0 Å². The Hall–Kier alpha value is -3.77. The monoisotopic (exact) mass is 542 g/mol. The number of alkyl halides is 1. The second kappa shape index (κ2) is 10.1. The van der Waals surface area contributed by atoms with Gasteiger partial charge in [0.15, 0.2) is 24.2 Å². The zero-order valence-corrected chi connectivity index (χ0v) is 21.8. The van der Waals surface area contributed by atoms with Gasteiger partial charge in [0.05, 0.1) is 29.2 Å². The highest BCUT2D eigenvalue weighted by Gasteiger charge is 2.41. The molecule has 12 heteroatoms. The Balaban J connectivity index is 1.48. The quantitative estimate of drug-likeness (QED) is 0.359. The fourth-order valence-electron chi connectivity index (χ4n) is 4.43. The minimum absolute atomic E-state index is 0.00133. The molecule has 0 amide bonds. The molecule has 206 valence electrons. The normalized spacial score (nSPS) is 16.5. The molecular weight excluding hydrogens is 513 g/mol. The largest absolute Gasteiger partial charge is 0.487 e. The van der Waals surface area contributed by atoms with Gasteiger partial charge in [0.2, 0.25) is 0 Å². The van der Waals surface area contributed by atoms with Crippen LogP contribution in [0.1, 0.15) is 39.3 Å². The van der Waals surface area contributed by atoms with E-state index < -0.39 is 29.6 Å². The van der Waals surface area contributed by atoms with Crippen LogP contribution in [0.4, 0.5) is 19.0 Å². The van der Waals surface area contributed by atoms with E-state index in [0.717, 1.165) is 16.8 Å². The van der Waals surface area contributed by atoms with Gasteiger partial charge in [-0.15, -0.1) is 0 Å². The molecule has 2 N–H and O–H groups in total. The molecule has 0 spiro atoms. The maximum absolute atomic E-state index is 14.1. The lowest BCUT2D eigenvalue weighted by atomic mass is 9.84. The lowest BCUT2D eigenvalue weighted by Crippen LogP contribution is -2.45. The lowest BCUT2D eigenvalue weighted by molar-refractivity contribution is -0.127. The highest BCUT2D eigenvalue weighted by molar-refractivity contribution is 5.83. The molecule has 0 aliphatic carbocycles. The molecular formula is C27H29F3N6O3. The van der Waals surface area contributed by atoms with Crippen LogP contribution in [0.15, 0.2) is 42.9 Å². The van der Waals surface area contributed by atoms with Crippen LogP contribution in [0.2, 0.25) is 0 Å². The third-order valence-electron chi connectivity index (χ3n) is 7.18. The number of anilines is 1. The van der Waals surface area contributed by atoms with Gasteiger partial charge >= 0.3 is 0 Å². The number of nitrogens with zero attached hydrogens (tertiary/aromatic N) is 6. The van der Waals surface area contributed by atoms with Gasteiger partial charge in [0, 0.05) is 43.8 Å². The summed E-state index contributed by atoms with van der Waals surface area (Å²) in [5.74, 6) is -0.905. The highest BCUT2D eigenvalue weighted by Crippen LogP contribution is 2.35. The van der Waals surface area contributed by atoms with E-state index in [0.29, 0.717) is 54.0 Å². The number of ether oxygens (including phenoxy) is 1. The first kappa shape index (κ1) is 26.8. The fraction of sp³-hybridized carbons (Fsp3) is 0.407. The maximum atomic E-state index is 14.1. The van der Waals surface area contributed by atoms with Crippen molar-refractivity contribution < 1.29 is 28.1 Å². The SMILES string of the molecule is CC(C)(O)C(C)(O)c1cc2nc(N3CCC(Oc4ccc(F)cc4F)CC3)c(-c3cnn(CF)c3)nc2cn1. The number of rotatable bonds is 7. The van der Waals surface area contributed by atoms with E-state index in [9.17, 15) is 23.4 Å². The Morgan fingerprint density at radius 3 is 2.41 bits per heavy atom. The van der Waals surface area contributed by atoms with Crippen molar-refractivity contribution in [1.82, 2.24) is 24.7 Å². The molecule has 0 saturated carbocycles. The average molecular weight is 543 g/mol. The maximum Gasteiger partial charge on any atom is 0.181 e. The van der Waals surface area contributed by atoms with Gasteiger partial charge in [-0.25, -0.2) is 27.8 Å². The Labute approximate surface area is 222 Å². The first-order valence-corrected chi connectivity index (χ1v) is 12.5. The van der Waals surface area contributed by atoms with Crippen molar-refractivity contribution in [2.45, 2.75) is 57.7 Å². The minimum Gasteiger partial charge on any atom is -0.487 e. The summed E-state index contributed by atoms with van der Waals surface area (Å²) in [6, 6.07) is 4.81. The average Bonchev–Trinajstić information content (AvgIpc) is 3.38. The van der Waals surface area contributed by atoms with Gasteiger partial charge < -0.3 is 19.8 Å². The molecule has 1 aliphatic rings. The van der Waals surface area contributed by atoms with Crippen LogP contribution in [0.25, 0.3) is 22.3 Å². The summed E-state index contributed by atoms with van der Waals surface area (Å²) in [7, 11) is 0. The number of aromatic nitrogens is 5. The second-order valence-electron chi connectivity index (χ2n) is 10.4. The molecule has 39 heavy (non-hydrogen) atoms. The smallest absolute Gasteiger partial charge is 0.181 e. The van der Waals surface area contributed by atoms with Gasteiger partial charge in [-0.3, -0.25) is 4.98 Å². The molecule has 0 radical (unpaired) electrons. The summed E-state index contributed by atoms with van der Waals surface area (Å²) in [6.07, 6.45) is 5.30. The van der Waals surface area contributed by atoms with Crippen molar-refractivity contribution in [1.29, 1.82) is 0 Å². The van der Waals surface area contributed by atoms with Crippen molar-refractivity contribution in [2.24, 2.45) is 0 Å². The molecule has 5 rings (SSSR count). The molecule has 0 bridgehead atoms. The van der Waals surface area contributed by atoms with E-state index in [1.807, 2.05) is 4.90 Å². The number of pyridine rings is 1. The number of piperidine rings is 1. The molecule has 1 atom stereocenters. The van der Waals surface area contributed by atoms with E-state index in [4.69, 9.17) is 14.7 Å². The Morgan fingerprint density at radius 2 is 1.77 bits per heavy atom.